The summed E-state index contributed by atoms with van der Waals surface area (Å²) in [4.78, 5) is 11.5. The third-order valence-corrected chi connectivity index (χ3v) is 3.35. The van der Waals surface area contributed by atoms with Gasteiger partial charge < -0.3 is 10.1 Å². The van der Waals surface area contributed by atoms with Gasteiger partial charge in [-0.3, -0.25) is 0 Å². The van der Waals surface area contributed by atoms with Crippen LogP contribution in [0.4, 0.5) is 4.79 Å². The highest BCUT2D eigenvalue weighted by Crippen LogP contribution is 2.15. The van der Waals surface area contributed by atoms with E-state index in [1.165, 1.54) is 0 Å². The molecule has 3 nitrogen and oxygen atoms in total. The second kappa shape index (κ2) is 8.11. The van der Waals surface area contributed by atoms with E-state index < -0.39 is 6.09 Å². The Labute approximate surface area is 135 Å². The Morgan fingerprint density at radius 3 is 2.73 bits per heavy atom. The first-order valence-electron chi connectivity index (χ1n) is 6.85. The first kappa shape index (κ1) is 15.9. The highest BCUT2D eigenvalue weighted by Gasteiger charge is 2.00. The summed E-state index contributed by atoms with van der Waals surface area (Å²) in [6.45, 7) is 2.40. The molecule has 0 saturated heterocycles. The lowest BCUT2D eigenvalue weighted by Gasteiger charge is -2.04. The first-order valence-corrected chi connectivity index (χ1v) is 7.22. The maximum atomic E-state index is 11.5. The lowest BCUT2D eigenvalue weighted by Crippen LogP contribution is -2.24. The minimum atomic E-state index is -0.481. The summed E-state index contributed by atoms with van der Waals surface area (Å²) in [6.07, 6.45) is -0.481. The van der Waals surface area contributed by atoms with E-state index >= 15 is 0 Å². The molecule has 0 aliphatic heterocycles. The van der Waals surface area contributed by atoms with E-state index in [0.717, 1.165) is 16.7 Å². The number of ether oxygens (including phenoxy) is 1. The third kappa shape index (κ3) is 5.16. The molecule has 0 aromatic heterocycles. The molecule has 0 atom stereocenters. The zero-order chi connectivity index (χ0) is 15.8. The Kier molecular flexibility index (Phi) is 5.88. The standard InChI is InChI=1S/C18H16ClNO2/c1-14-12-15(9-10-17(14)19)8-5-11-20-18(21)22-13-16-6-3-2-4-7-16/h2-4,6-7,9-10,12H,11,13H2,1H3,(H,20,21). The minimum absolute atomic E-state index is 0.231. The molecule has 1 amide bonds. The number of carbonyl (C=O) groups excluding carboxylic acids is 1. The van der Waals surface area contributed by atoms with Gasteiger partial charge >= 0.3 is 6.09 Å². The van der Waals surface area contributed by atoms with Crippen molar-refractivity contribution in [2.24, 2.45) is 0 Å². The van der Waals surface area contributed by atoms with E-state index in [1.807, 2.05) is 55.5 Å². The number of carbonyl (C=O) groups is 1. The van der Waals surface area contributed by atoms with Crippen molar-refractivity contribution in [1.82, 2.24) is 5.32 Å². The predicted octanol–water partition coefficient (Wildman–Crippen LogP) is 3.93. The maximum Gasteiger partial charge on any atom is 0.408 e. The lowest BCUT2D eigenvalue weighted by atomic mass is 10.1. The average Bonchev–Trinajstić information content (AvgIpc) is 2.54. The van der Waals surface area contributed by atoms with Gasteiger partial charge in [0, 0.05) is 10.6 Å². The number of benzene rings is 2. The Hall–Kier alpha value is -2.44. The summed E-state index contributed by atoms with van der Waals surface area (Å²) in [5.74, 6) is 5.84. The molecule has 0 saturated carbocycles. The van der Waals surface area contributed by atoms with Crippen molar-refractivity contribution >= 4 is 17.7 Å². The molecular formula is C18H16ClNO2. The smallest absolute Gasteiger partial charge is 0.408 e. The van der Waals surface area contributed by atoms with Crippen LogP contribution in [0.2, 0.25) is 5.02 Å². The maximum absolute atomic E-state index is 11.5. The van der Waals surface area contributed by atoms with Crippen molar-refractivity contribution < 1.29 is 9.53 Å². The van der Waals surface area contributed by atoms with Gasteiger partial charge in [0.05, 0.1) is 6.54 Å². The van der Waals surface area contributed by atoms with Crippen LogP contribution in [0.25, 0.3) is 0 Å². The monoisotopic (exact) mass is 313 g/mol. The van der Waals surface area contributed by atoms with Gasteiger partial charge in [0.15, 0.2) is 0 Å². The van der Waals surface area contributed by atoms with Crippen LogP contribution in [-0.4, -0.2) is 12.6 Å². The fourth-order valence-corrected chi connectivity index (χ4v) is 1.88. The zero-order valence-electron chi connectivity index (χ0n) is 12.2. The topological polar surface area (TPSA) is 38.3 Å². The third-order valence-electron chi connectivity index (χ3n) is 2.92. The Morgan fingerprint density at radius 1 is 1.23 bits per heavy atom. The van der Waals surface area contributed by atoms with Crippen molar-refractivity contribution in [3.63, 3.8) is 0 Å². The number of halogens is 1. The fourth-order valence-electron chi connectivity index (χ4n) is 1.76. The Morgan fingerprint density at radius 2 is 2.00 bits per heavy atom. The zero-order valence-corrected chi connectivity index (χ0v) is 13.0. The summed E-state index contributed by atoms with van der Waals surface area (Å²) in [5.41, 5.74) is 2.78. The first-order chi connectivity index (χ1) is 10.6. The second-order valence-electron chi connectivity index (χ2n) is 4.68. The molecule has 2 aromatic carbocycles. The molecule has 1 N–H and O–H groups in total. The molecular weight excluding hydrogens is 298 g/mol. The van der Waals surface area contributed by atoms with Crippen LogP contribution in [0.1, 0.15) is 16.7 Å². The minimum Gasteiger partial charge on any atom is -0.445 e. The van der Waals surface area contributed by atoms with E-state index in [4.69, 9.17) is 16.3 Å². The quantitative estimate of drug-likeness (QED) is 0.872. The van der Waals surface area contributed by atoms with Gasteiger partial charge in [-0.2, -0.15) is 0 Å². The van der Waals surface area contributed by atoms with Crippen molar-refractivity contribution in [2.75, 3.05) is 6.54 Å². The molecule has 112 valence electrons. The molecule has 0 unspecified atom stereocenters. The normalized spacial score (nSPS) is 9.55. The summed E-state index contributed by atoms with van der Waals surface area (Å²) >= 11 is 5.95. The molecule has 4 heteroatoms. The van der Waals surface area contributed by atoms with E-state index in [9.17, 15) is 4.79 Å². The van der Waals surface area contributed by atoms with Crippen molar-refractivity contribution in [2.45, 2.75) is 13.5 Å². The highest BCUT2D eigenvalue weighted by molar-refractivity contribution is 6.31. The van der Waals surface area contributed by atoms with E-state index in [1.54, 1.807) is 0 Å². The van der Waals surface area contributed by atoms with Gasteiger partial charge in [0.2, 0.25) is 0 Å². The van der Waals surface area contributed by atoms with Crippen molar-refractivity contribution in [1.29, 1.82) is 0 Å². The molecule has 0 fully saturated rings. The number of aryl methyl sites for hydroxylation is 1. The van der Waals surface area contributed by atoms with Crippen LogP contribution in [0.15, 0.2) is 48.5 Å². The van der Waals surface area contributed by atoms with Crippen LogP contribution in [-0.2, 0) is 11.3 Å². The van der Waals surface area contributed by atoms with Crippen LogP contribution in [0.3, 0.4) is 0 Å². The van der Waals surface area contributed by atoms with Gasteiger partial charge in [0.1, 0.15) is 6.61 Å². The molecule has 0 heterocycles. The van der Waals surface area contributed by atoms with Crippen molar-refractivity contribution in [3.8, 4) is 11.8 Å². The number of amides is 1. The summed E-state index contributed by atoms with van der Waals surface area (Å²) in [6, 6.07) is 15.1. The summed E-state index contributed by atoms with van der Waals surface area (Å²) in [7, 11) is 0. The fraction of sp³-hybridized carbons (Fsp3) is 0.167. The molecule has 0 aliphatic rings. The van der Waals surface area contributed by atoms with E-state index in [0.29, 0.717) is 5.02 Å². The average molecular weight is 314 g/mol. The van der Waals surface area contributed by atoms with Gasteiger partial charge in [-0.1, -0.05) is 53.8 Å². The molecule has 0 spiro atoms. The summed E-state index contributed by atoms with van der Waals surface area (Å²) < 4.78 is 5.08. The largest absolute Gasteiger partial charge is 0.445 e. The van der Waals surface area contributed by atoms with Crippen molar-refractivity contribution in [3.05, 3.63) is 70.2 Å². The lowest BCUT2D eigenvalue weighted by molar-refractivity contribution is 0.141. The van der Waals surface area contributed by atoms with Gasteiger partial charge in [-0.05, 0) is 36.2 Å². The van der Waals surface area contributed by atoms with Crippen LogP contribution < -0.4 is 5.32 Å². The molecule has 0 radical (unpaired) electrons. The number of nitrogens with one attached hydrogen (secondary N) is 1. The number of hydrogen-bond donors (Lipinski definition) is 1. The predicted molar refractivity (Wildman–Crippen MR) is 87.7 cm³/mol. The summed E-state index contributed by atoms with van der Waals surface area (Å²) in [5, 5.41) is 3.30. The van der Waals surface area contributed by atoms with Crippen LogP contribution in [0.5, 0.6) is 0 Å². The van der Waals surface area contributed by atoms with Gasteiger partial charge in [0.25, 0.3) is 0 Å². The molecule has 22 heavy (non-hydrogen) atoms. The molecule has 2 rings (SSSR count). The number of hydrogen-bond acceptors (Lipinski definition) is 2. The Bertz CT molecular complexity index is 702. The number of alkyl carbamates (subject to hydrolysis) is 1. The van der Waals surface area contributed by atoms with Gasteiger partial charge in [-0.25, -0.2) is 4.79 Å². The molecule has 0 aliphatic carbocycles. The second-order valence-corrected chi connectivity index (χ2v) is 5.09. The Balaban J connectivity index is 1.75. The number of rotatable bonds is 3. The van der Waals surface area contributed by atoms with Crippen LogP contribution in [0, 0.1) is 18.8 Å². The van der Waals surface area contributed by atoms with Crippen LogP contribution >= 0.6 is 11.6 Å². The highest BCUT2D eigenvalue weighted by atomic mass is 35.5. The van der Waals surface area contributed by atoms with Gasteiger partial charge in [-0.15, -0.1) is 0 Å². The molecule has 2 aromatic rings. The van der Waals surface area contributed by atoms with E-state index in [-0.39, 0.29) is 13.2 Å². The molecule has 0 bridgehead atoms. The SMILES string of the molecule is Cc1cc(C#CCNC(=O)OCc2ccccc2)ccc1Cl. The van der Waals surface area contributed by atoms with E-state index in [2.05, 4.69) is 17.2 Å².